The lowest BCUT2D eigenvalue weighted by molar-refractivity contribution is -0.385. The summed E-state index contributed by atoms with van der Waals surface area (Å²) < 4.78 is 13.2. The monoisotopic (exact) mass is 307 g/mol. The molecule has 2 heterocycles. The van der Waals surface area contributed by atoms with Crippen LogP contribution in [0.3, 0.4) is 0 Å². The van der Waals surface area contributed by atoms with E-state index in [0.29, 0.717) is 24.9 Å². The molecule has 0 aliphatic carbocycles. The summed E-state index contributed by atoms with van der Waals surface area (Å²) in [4.78, 5) is 24.6. The van der Waals surface area contributed by atoms with Gasteiger partial charge in [0.1, 0.15) is 11.4 Å². The minimum absolute atomic E-state index is 0.0309. The normalized spacial score (nSPS) is 24.7. The fourth-order valence-electron chi connectivity index (χ4n) is 3.43. The number of nitrogens with one attached hydrogen (secondary N) is 1. The molecule has 0 spiro atoms. The Hall–Kier alpha value is -2.02. The first-order chi connectivity index (χ1) is 10.6. The molecule has 1 aromatic carbocycles. The van der Waals surface area contributed by atoms with Crippen LogP contribution in [0.15, 0.2) is 18.2 Å². The Morgan fingerprint density at radius 3 is 2.50 bits per heavy atom. The van der Waals surface area contributed by atoms with Crippen molar-refractivity contribution in [3.8, 4) is 0 Å². The van der Waals surface area contributed by atoms with Crippen molar-refractivity contribution >= 4 is 11.6 Å². The molecule has 6 nitrogen and oxygen atoms in total. The van der Waals surface area contributed by atoms with Crippen LogP contribution in [0.4, 0.5) is 10.1 Å². The number of fused-ring (bicyclic) bond motifs is 1. The maximum absolute atomic E-state index is 13.2. The molecule has 1 aromatic rings. The third-order valence-corrected chi connectivity index (χ3v) is 4.69. The first-order valence-electron chi connectivity index (χ1n) is 7.50. The van der Waals surface area contributed by atoms with Crippen molar-refractivity contribution in [1.29, 1.82) is 0 Å². The lowest BCUT2D eigenvalue weighted by Crippen LogP contribution is -2.33. The van der Waals surface area contributed by atoms with Crippen LogP contribution in [0, 0.1) is 27.8 Å². The quantitative estimate of drug-likeness (QED) is 0.668. The second-order valence-corrected chi connectivity index (χ2v) is 5.97. The van der Waals surface area contributed by atoms with Gasteiger partial charge in [0, 0.05) is 13.1 Å². The second-order valence-electron chi connectivity index (χ2n) is 5.97. The molecule has 1 amide bonds. The number of hydrogen-bond acceptors (Lipinski definition) is 4. The van der Waals surface area contributed by atoms with Gasteiger partial charge in [0.15, 0.2) is 0 Å². The van der Waals surface area contributed by atoms with Crippen LogP contribution in [-0.2, 0) is 0 Å². The first-order valence-corrected chi connectivity index (χ1v) is 7.50. The van der Waals surface area contributed by atoms with E-state index < -0.39 is 16.4 Å². The van der Waals surface area contributed by atoms with Crippen molar-refractivity contribution in [2.75, 3.05) is 26.2 Å². The fourth-order valence-corrected chi connectivity index (χ4v) is 3.43. The summed E-state index contributed by atoms with van der Waals surface area (Å²) in [5, 5.41) is 14.4. The van der Waals surface area contributed by atoms with Crippen molar-refractivity contribution in [2.45, 2.75) is 12.8 Å². The number of halogens is 1. The molecule has 3 rings (SSSR count). The number of nitro benzene ring substituents is 1. The summed E-state index contributed by atoms with van der Waals surface area (Å²) in [5.74, 6) is 0.0568. The van der Waals surface area contributed by atoms with E-state index in [1.54, 1.807) is 4.90 Å². The maximum atomic E-state index is 13.2. The largest absolute Gasteiger partial charge is 0.338 e. The second kappa shape index (κ2) is 6.00. The molecule has 0 radical (unpaired) electrons. The summed E-state index contributed by atoms with van der Waals surface area (Å²) in [6.45, 7) is 3.14. The molecule has 2 aliphatic rings. The Bertz CT molecular complexity index is 594. The third kappa shape index (κ3) is 2.81. The van der Waals surface area contributed by atoms with Gasteiger partial charge in [0.2, 0.25) is 0 Å². The van der Waals surface area contributed by atoms with Crippen molar-refractivity contribution in [3.63, 3.8) is 0 Å². The van der Waals surface area contributed by atoms with Crippen LogP contribution in [0.2, 0.25) is 0 Å². The van der Waals surface area contributed by atoms with Gasteiger partial charge in [-0.05, 0) is 49.9 Å². The molecule has 0 bridgehead atoms. The van der Waals surface area contributed by atoms with Crippen LogP contribution in [-0.4, -0.2) is 41.9 Å². The highest BCUT2D eigenvalue weighted by molar-refractivity contribution is 5.98. The number of benzene rings is 1. The van der Waals surface area contributed by atoms with Crippen LogP contribution in [0.5, 0.6) is 0 Å². The number of nitrogens with zero attached hydrogens (tertiary/aromatic N) is 2. The minimum Gasteiger partial charge on any atom is -0.338 e. The Morgan fingerprint density at radius 1 is 1.27 bits per heavy atom. The summed E-state index contributed by atoms with van der Waals surface area (Å²) >= 11 is 0. The number of nitro groups is 1. The summed E-state index contributed by atoms with van der Waals surface area (Å²) in [6.07, 6.45) is 1.80. The number of carbonyl (C=O) groups is 1. The molecule has 118 valence electrons. The number of rotatable bonds is 2. The maximum Gasteiger partial charge on any atom is 0.285 e. The zero-order valence-corrected chi connectivity index (χ0v) is 12.1. The van der Waals surface area contributed by atoms with Gasteiger partial charge in [0.05, 0.1) is 11.0 Å². The van der Waals surface area contributed by atoms with E-state index in [4.69, 9.17) is 0 Å². The van der Waals surface area contributed by atoms with Crippen molar-refractivity contribution in [1.82, 2.24) is 10.2 Å². The highest BCUT2D eigenvalue weighted by Gasteiger charge is 2.33. The Morgan fingerprint density at radius 2 is 1.91 bits per heavy atom. The highest BCUT2D eigenvalue weighted by Crippen LogP contribution is 2.29. The predicted molar refractivity (Wildman–Crippen MR) is 78.0 cm³/mol. The van der Waals surface area contributed by atoms with E-state index in [1.807, 2.05) is 0 Å². The average molecular weight is 307 g/mol. The van der Waals surface area contributed by atoms with Gasteiger partial charge in [-0.2, -0.15) is 0 Å². The van der Waals surface area contributed by atoms with Gasteiger partial charge in [-0.25, -0.2) is 4.39 Å². The molecule has 2 fully saturated rings. The average Bonchev–Trinajstić information content (AvgIpc) is 2.85. The zero-order chi connectivity index (χ0) is 15.7. The number of hydrogen-bond donors (Lipinski definition) is 1. The minimum atomic E-state index is -0.709. The molecule has 7 heteroatoms. The van der Waals surface area contributed by atoms with Gasteiger partial charge in [0.25, 0.3) is 11.6 Å². The lowest BCUT2D eigenvalue weighted by atomic mass is 9.92. The molecule has 0 aromatic heterocycles. The van der Waals surface area contributed by atoms with Crippen LogP contribution in [0.1, 0.15) is 23.2 Å². The molecule has 2 saturated heterocycles. The molecular weight excluding hydrogens is 289 g/mol. The van der Waals surface area contributed by atoms with E-state index >= 15 is 0 Å². The standard InChI is InChI=1S/C15H18FN3O3/c16-12-1-2-13(14(7-12)19(21)22)15(20)18-5-3-10-8-17-9-11(10)4-6-18/h1-2,7,10-11,17H,3-6,8-9H2/t10-,11+. The molecule has 22 heavy (non-hydrogen) atoms. The summed E-state index contributed by atoms with van der Waals surface area (Å²) in [7, 11) is 0. The van der Waals surface area contributed by atoms with Crippen LogP contribution in [0.25, 0.3) is 0 Å². The number of amides is 1. The third-order valence-electron chi connectivity index (χ3n) is 4.69. The van der Waals surface area contributed by atoms with E-state index in [-0.39, 0.29) is 11.5 Å². The Balaban J connectivity index is 1.80. The number of carbonyl (C=O) groups excluding carboxylic acids is 1. The van der Waals surface area contributed by atoms with Crippen LogP contribution >= 0.6 is 0 Å². The zero-order valence-electron chi connectivity index (χ0n) is 12.1. The Labute approximate surface area is 127 Å². The Kier molecular flexibility index (Phi) is 4.06. The first kappa shape index (κ1) is 14.9. The highest BCUT2D eigenvalue weighted by atomic mass is 19.1. The SMILES string of the molecule is O=C(c1ccc(F)cc1[N+](=O)[O-])N1CC[C@@H]2CNC[C@@H]2CC1. The van der Waals surface area contributed by atoms with Gasteiger partial charge in [-0.1, -0.05) is 0 Å². The van der Waals surface area contributed by atoms with Gasteiger partial charge < -0.3 is 10.2 Å². The summed E-state index contributed by atoms with van der Waals surface area (Å²) in [5.41, 5.74) is -0.493. The lowest BCUT2D eigenvalue weighted by Gasteiger charge is -2.20. The number of likely N-dealkylation sites (tertiary alicyclic amines) is 1. The molecule has 0 unspecified atom stereocenters. The van der Waals surface area contributed by atoms with Gasteiger partial charge in [-0.3, -0.25) is 14.9 Å². The van der Waals surface area contributed by atoms with Gasteiger partial charge in [-0.15, -0.1) is 0 Å². The molecule has 0 saturated carbocycles. The van der Waals surface area contributed by atoms with E-state index in [9.17, 15) is 19.3 Å². The van der Waals surface area contributed by atoms with Crippen LogP contribution < -0.4 is 5.32 Å². The van der Waals surface area contributed by atoms with E-state index in [2.05, 4.69) is 5.32 Å². The molecular formula is C15H18FN3O3. The van der Waals surface area contributed by atoms with Crippen molar-refractivity contribution in [3.05, 3.63) is 39.7 Å². The van der Waals surface area contributed by atoms with Crippen molar-refractivity contribution in [2.24, 2.45) is 11.8 Å². The molecule has 2 atom stereocenters. The molecule has 2 aliphatic heterocycles. The topological polar surface area (TPSA) is 75.5 Å². The van der Waals surface area contributed by atoms with Gasteiger partial charge >= 0.3 is 0 Å². The van der Waals surface area contributed by atoms with E-state index in [1.165, 1.54) is 6.07 Å². The van der Waals surface area contributed by atoms with E-state index in [0.717, 1.165) is 38.1 Å². The fraction of sp³-hybridized carbons (Fsp3) is 0.533. The predicted octanol–water partition coefficient (Wildman–Crippen LogP) is 1.81. The summed E-state index contributed by atoms with van der Waals surface area (Å²) in [6, 6.07) is 3.11. The van der Waals surface area contributed by atoms with Crippen molar-refractivity contribution < 1.29 is 14.1 Å². The smallest absolute Gasteiger partial charge is 0.285 e. The molecule has 1 N–H and O–H groups in total.